The van der Waals surface area contributed by atoms with Crippen LogP contribution in [0.25, 0.3) is 22.6 Å². The van der Waals surface area contributed by atoms with Crippen molar-refractivity contribution in [2.45, 2.75) is 63.2 Å². The Morgan fingerprint density at radius 1 is 1.17 bits per heavy atom. The summed E-state index contributed by atoms with van der Waals surface area (Å²) >= 11 is 9.51. The molecule has 1 aliphatic rings. The molecule has 1 saturated heterocycles. The Balaban J connectivity index is 1.40. The molecule has 42 heavy (non-hydrogen) atoms. The van der Waals surface area contributed by atoms with E-state index in [1.165, 1.54) is 29.4 Å². The number of alkyl carbamates (subject to hydrolysis) is 1. The number of aromatic nitrogens is 2. The lowest BCUT2D eigenvalue weighted by Gasteiger charge is -2.31. The molecule has 0 spiro atoms. The maximum absolute atomic E-state index is 13.6. The zero-order valence-corrected chi connectivity index (χ0v) is 26.6. The Bertz CT molecular complexity index is 1590. The molecule has 1 unspecified atom stereocenters. The number of carbonyl (C=O) groups is 2. The normalized spacial score (nSPS) is 15.7. The molecule has 14 heteroatoms. The first kappa shape index (κ1) is 31.9. The summed E-state index contributed by atoms with van der Waals surface area (Å²) in [4.78, 5) is 31.9. The van der Waals surface area contributed by atoms with Crippen molar-refractivity contribution in [3.8, 4) is 22.6 Å². The molecule has 226 valence electrons. The fraction of sp³-hybridized carbons (Fsp3) is 0.393. The maximum Gasteiger partial charge on any atom is 0.408 e. The number of halogens is 3. The Labute approximate surface area is 257 Å². The second-order valence-corrected chi connectivity index (χ2v) is 14.0. The van der Waals surface area contributed by atoms with Crippen molar-refractivity contribution in [2.75, 3.05) is 13.1 Å². The third kappa shape index (κ3) is 7.68. The lowest BCUT2D eigenvalue weighted by atomic mass is 10.1. The highest BCUT2D eigenvalue weighted by Crippen LogP contribution is 2.32. The molecule has 1 fully saturated rings. The fourth-order valence-corrected chi connectivity index (χ4v) is 6.61. The van der Waals surface area contributed by atoms with Gasteiger partial charge in [0.25, 0.3) is 0 Å². The van der Waals surface area contributed by atoms with Gasteiger partial charge in [-0.2, -0.15) is 4.31 Å². The average Bonchev–Trinajstić information content (AvgIpc) is 3.40. The van der Waals surface area contributed by atoms with Gasteiger partial charge in [0, 0.05) is 24.2 Å². The van der Waals surface area contributed by atoms with Crippen LogP contribution < -0.4 is 5.32 Å². The van der Waals surface area contributed by atoms with Crippen LogP contribution in [0.2, 0.25) is 5.02 Å². The van der Waals surface area contributed by atoms with Crippen LogP contribution in [-0.2, 0) is 24.3 Å². The Morgan fingerprint density at radius 2 is 1.83 bits per heavy atom. The van der Waals surface area contributed by atoms with Gasteiger partial charge >= 0.3 is 12.1 Å². The van der Waals surface area contributed by atoms with Gasteiger partial charge in [-0.25, -0.2) is 27.4 Å². The zero-order valence-electron chi connectivity index (χ0n) is 23.4. The third-order valence-electron chi connectivity index (χ3n) is 6.40. The molecule has 0 saturated carbocycles. The number of ether oxygens (including phenoxy) is 2. The third-order valence-corrected chi connectivity index (χ3v) is 9.39. The minimum atomic E-state index is -3.98. The van der Waals surface area contributed by atoms with E-state index in [9.17, 15) is 22.4 Å². The number of aromatic amines is 1. The number of imidazole rings is 1. The van der Waals surface area contributed by atoms with Gasteiger partial charge in [-0.15, -0.1) is 0 Å². The highest BCUT2D eigenvalue weighted by Gasteiger charge is 2.33. The lowest BCUT2D eigenvalue weighted by molar-refractivity contribution is -0.152. The van der Waals surface area contributed by atoms with Crippen molar-refractivity contribution in [1.29, 1.82) is 0 Å². The Kier molecular flexibility index (Phi) is 9.65. The second kappa shape index (κ2) is 12.7. The summed E-state index contributed by atoms with van der Waals surface area (Å²) in [5.74, 6) is -0.611. The second-order valence-electron chi connectivity index (χ2n) is 10.8. The summed E-state index contributed by atoms with van der Waals surface area (Å²) in [7, 11) is -3.98. The van der Waals surface area contributed by atoms with E-state index in [2.05, 4.69) is 31.2 Å². The highest BCUT2D eigenvalue weighted by atomic mass is 79.9. The Morgan fingerprint density at radius 3 is 2.48 bits per heavy atom. The quantitative estimate of drug-likeness (QED) is 0.296. The smallest absolute Gasteiger partial charge is 0.408 e. The maximum atomic E-state index is 13.6. The number of benzene rings is 2. The first-order chi connectivity index (χ1) is 19.6. The molecule has 2 heterocycles. The number of hydrogen-bond acceptors (Lipinski definition) is 7. The molecule has 1 aromatic heterocycles. The van der Waals surface area contributed by atoms with Crippen molar-refractivity contribution in [3.05, 3.63) is 57.9 Å². The van der Waals surface area contributed by atoms with Crippen LogP contribution in [0.5, 0.6) is 0 Å². The number of nitrogens with one attached hydrogen (secondary N) is 2. The summed E-state index contributed by atoms with van der Waals surface area (Å²) in [5, 5.41) is 2.50. The minimum absolute atomic E-state index is 0.0589. The predicted molar refractivity (Wildman–Crippen MR) is 159 cm³/mol. The van der Waals surface area contributed by atoms with E-state index in [0.717, 1.165) is 0 Å². The van der Waals surface area contributed by atoms with Gasteiger partial charge in [-0.3, -0.25) is 0 Å². The van der Waals surface area contributed by atoms with Crippen molar-refractivity contribution >= 4 is 49.6 Å². The summed E-state index contributed by atoms with van der Waals surface area (Å²) < 4.78 is 53.0. The molecule has 4 rings (SSSR count). The SMILES string of the molecule is CC(NC(=O)OC(C)(C)C)C(=O)OC1CCN(S(=O)(=O)c2cc(-c3ncc(-c4ccc(F)c(Br)c4)[nH]3)ccc2Cl)CC1. The van der Waals surface area contributed by atoms with Crippen LogP contribution >= 0.6 is 27.5 Å². The Hall–Kier alpha value is -3.00. The van der Waals surface area contributed by atoms with Crippen molar-refractivity contribution in [3.63, 3.8) is 0 Å². The molecular weight excluding hydrogens is 655 g/mol. The van der Waals surface area contributed by atoms with Crippen LogP contribution in [0.15, 0.2) is 52.0 Å². The number of hydrogen-bond donors (Lipinski definition) is 2. The van der Waals surface area contributed by atoms with E-state index in [4.69, 9.17) is 21.1 Å². The summed E-state index contributed by atoms with van der Waals surface area (Å²) in [6.07, 6.45) is 0.878. The van der Waals surface area contributed by atoms with Crippen LogP contribution in [0.3, 0.4) is 0 Å². The molecule has 0 aliphatic carbocycles. The average molecular weight is 686 g/mol. The van der Waals surface area contributed by atoms with Gasteiger partial charge in [0.1, 0.15) is 34.3 Å². The highest BCUT2D eigenvalue weighted by molar-refractivity contribution is 9.10. The molecule has 0 bridgehead atoms. The summed E-state index contributed by atoms with van der Waals surface area (Å²) in [6.45, 7) is 6.84. The largest absolute Gasteiger partial charge is 0.461 e. The number of rotatable bonds is 7. The van der Waals surface area contributed by atoms with E-state index in [-0.39, 0.29) is 35.8 Å². The summed E-state index contributed by atoms with van der Waals surface area (Å²) in [5.41, 5.74) is 1.11. The van der Waals surface area contributed by atoms with Gasteiger partial charge in [0.2, 0.25) is 10.0 Å². The molecule has 10 nitrogen and oxygen atoms in total. The van der Waals surface area contributed by atoms with Gasteiger partial charge < -0.3 is 19.8 Å². The standard InChI is InChI=1S/C28H31BrClFN4O6S/c1-16(33-27(37)41-28(2,3)4)26(36)40-19-9-11-35(12-10-19)42(38,39)24-14-18(5-7-21(24)30)25-32-15-23(34-25)17-6-8-22(31)20(29)13-17/h5-8,13-16,19H,9-12H2,1-4H3,(H,32,34)(H,33,37). The molecule has 2 N–H and O–H groups in total. The molecular formula is C28H31BrClFN4O6S. The van der Waals surface area contributed by atoms with Crippen molar-refractivity contribution in [1.82, 2.24) is 19.6 Å². The summed E-state index contributed by atoms with van der Waals surface area (Å²) in [6, 6.07) is 8.22. The molecule has 2 aromatic carbocycles. The van der Waals surface area contributed by atoms with Crippen LogP contribution in [0, 0.1) is 5.82 Å². The van der Waals surface area contributed by atoms with Gasteiger partial charge in [0.05, 0.1) is 21.4 Å². The van der Waals surface area contributed by atoms with Crippen LogP contribution in [-0.4, -0.2) is 65.6 Å². The van der Waals surface area contributed by atoms with E-state index in [1.54, 1.807) is 45.2 Å². The van der Waals surface area contributed by atoms with Gasteiger partial charge in [-0.05, 0) is 92.9 Å². The first-order valence-electron chi connectivity index (χ1n) is 13.1. The number of carbonyl (C=O) groups excluding carboxylic acids is 2. The molecule has 3 aromatic rings. The number of esters is 1. The van der Waals surface area contributed by atoms with Gasteiger partial charge in [0.15, 0.2) is 0 Å². The van der Waals surface area contributed by atoms with E-state index in [0.29, 0.717) is 27.1 Å². The number of sulfonamides is 1. The number of amides is 1. The van der Waals surface area contributed by atoms with Crippen LogP contribution in [0.1, 0.15) is 40.5 Å². The number of H-pyrrole nitrogens is 1. The van der Waals surface area contributed by atoms with E-state index in [1.807, 2.05) is 0 Å². The molecule has 1 aliphatic heterocycles. The predicted octanol–water partition coefficient (Wildman–Crippen LogP) is 5.91. The van der Waals surface area contributed by atoms with E-state index >= 15 is 0 Å². The lowest BCUT2D eigenvalue weighted by Crippen LogP contribution is -2.45. The minimum Gasteiger partial charge on any atom is -0.461 e. The fourth-order valence-electron chi connectivity index (χ4n) is 4.27. The van der Waals surface area contributed by atoms with Crippen molar-refractivity contribution in [2.24, 2.45) is 0 Å². The van der Waals surface area contributed by atoms with E-state index < -0.39 is 45.6 Å². The van der Waals surface area contributed by atoms with Crippen LogP contribution in [0.4, 0.5) is 9.18 Å². The van der Waals surface area contributed by atoms with Gasteiger partial charge in [-0.1, -0.05) is 11.6 Å². The molecule has 1 atom stereocenters. The number of nitrogens with zero attached hydrogens (tertiary/aromatic N) is 2. The number of piperidine rings is 1. The van der Waals surface area contributed by atoms with Crippen molar-refractivity contribution < 1.29 is 31.9 Å². The molecule has 1 amide bonds. The zero-order chi connectivity index (χ0) is 30.8. The first-order valence-corrected chi connectivity index (χ1v) is 15.8. The monoisotopic (exact) mass is 684 g/mol. The molecule has 0 radical (unpaired) electrons. The topological polar surface area (TPSA) is 131 Å².